The first kappa shape index (κ1) is 36.6. The molecule has 210 valence electrons. The maximum absolute atomic E-state index is 4.31. The van der Waals surface area contributed by atoms with Gasteiger partial charge in [0, 0.05) is 0 Å². The molecule has 0 spiro atoms. The number of hydrogen-bond donors (Lipinski definition) is 0. The zero-order valence-corrected chi connectivity index (χ0v) is 26.3. The fourth-order valence-corrected chi connectivity index (χ4v) is 5.44. The van der Waals surface area contributed by atoms with Crippen LogP contribution in [-0.2, 0) is 0 Å². The van der Waals surface area contributed by atoms with E-state index in [1.165, 1.54) is 120 Å². The summed E-state index contributed by atoms with van der Waals surface area (Å²) in [6.07, 6.45) is 24.0. The normalized spacial score (nSPS) is 14.7. The molecule has 0 nitrogen and oxygen atoms in total. The molecule has 0 aromatic heterocycles. The van der Waals surface area contributed by atoms with E-state index in [4.69, 9.17) is 0 Å². The second-order valence-electron chi connectivity index (χ2n) is 12.6. The van der Waals surface area contributed by atoms with Crippen molar-refractivity contribution in [1.29, 1.82) is 0 Å². The van der Waals surface area contributed by atoms with E-state index in [1.807, 2.05) is 0 Å². The van der Waals surface area contributed by atoms with Crippen molar-refractivity contribution < 1.29 is 0 Å². The largest absolute Gasteiger partial charge is 0.0999 e. The summed E-state index contributed by atoms with van der Waals surface area (Å²) in [7, 11) is 0. The Balaban J connectivity index is 0. The standard InChI is InChI=1S/C26H52.C9H18/c1-7-9-11-13-14-15-16-17-18-20-24(5)22-25(6)26(23(3)4)21-19-12-10-8-2;1-7(2)6-9(5)8(3)4/h24-26H,3,7-22H2,1-2,4-6H3;7,9H,3,6H2,1-2,4-5H3. The second-order valence-corrected chi connectivity index (χ2v) is 12.6. The van der Waals surface area contributed by atoms with E-state index in [0.29, 0.717) is 5.92 Å². The molecule has 0 N–H and O–H groups in total. The van der Waals surface area contributed by atoms with Crippen molar-refractivity contribution in [3.8, 4) is 0 Å². The molecule has 0 aromatic carbocycles. The highest BCUT2D eigenvalue weighted by atomic mass is 14.2. The van der Waals surface area contributed by atoms with Gasteiger partial charge in [0.25, 0.3) is 0 Å². The molecule has 0 aliphatic heterocycles. The predicted molar refractivity (Wildman–Crippen MR) is 165 cm³/mol. The molecule has 0 rings (SSSR count). The molecule has 35 heavy (non-hydrogen) atoms. The van der Waals surface area contributed by atoms with Gasteiger partial charge in [-0.15, -0.1) is 0 Å². The molecule has 0 fully saturated rings. The maximum Gasteiger partial charge on any atom is -0.0183 e. The van der Waals surface area contributed by atoms with E-state index in [2.05, 4.69) is 75.5 Å². The highest BCUT2D eigenvalue weighted by molar-refractivity contribution is 4.98. The molecule has 0 bridgehead atoms. The fourth-order valence-electron chi connectivity index (χ4n) is 5.44. The van der Waals surface area contributed by atoms with Crippen molar-refractivity contribution in [3.05, 3.63) is 24.3 Å². The Kier molecular flexibility index (Phi) is 26.3. The van der Waals surface area contributed by atoms with E-state index in [0.717, 1.165) is 23.7 Å². The average Bonchev–Trinajstić information content (AvgIpc) is 2.77. The van der Waals surface area contributed by atoms with Crippen molar-refractivity contribution in [1.82, 2.24) is 0 Å². The highest BCUT2D eigenvalue weighted by Crippen LogP contribution is 2.31. The van der Waals surface area contributed by atoms with Crippen LogP contribution in [0.25, 0.3) is 0 Å². The van der Waals surface area contributed by atoms with Gasteiger partial charge >= 0.3 is 0 Å². The fraction of sp³-hybridized carbons (Fsp3) is 0.886. The Morgan fingerprint density at radius 1 is 0.543 bits per heavy atom. The van der Waals surface area contributed by atoms with Crippen LogP contribution >= 0.6 is 0 Å². The molecule has 0 aromatic rings. The third kappa shape index (κ3) is 24.9. The lowest BCUT2D eigenvalue weighted by molar-refractivity contribution is 0.295. The van der Waals surface area contributed by atoms with Crippen molar-refractivity contribution in [2.24, 2.45) is 29.6 Å². The Bertz CT molecular complexity index is 470. The Morgan fingerprint density at radius 2 is 0.971 bits per heavy atom. The second kappa shape index (κ2) is 25.1. The topological polar surface area (TPSA) is 0 Å². The van der Waals surface area contributed by atoms with Crippen LogP contribution in [0, 0.1) is 29.6 Å². The molecule has 0 heteroatoms. The van der Waals surface area contributed by atoms with Crippen molar-refractivity contribution >= 4 is 0 Å². The van der Waals surface area contributed by atoms with Gasteiger partial charge < -0.3 is 0 Å². The van der Waals surface area contributed by atoms with Gasteiger partial charge in [-0.2, -0.15) is 0 Å². The van der Waals surface area contributed by atoms with Crippen LogP contribution in [-0.4, -0.2) is 0 Å². The minimum Gasteiger partial charge on any atom is -0.0999 e. The maximum atomic E-state index is 4.31. The van der Waals surface area contributed by atoms with Crippen LogP contribution < -0.4 is 0 Å². The Morgan fingerprint density at radius 3 is 1.37 bits per heavy atom. The predicted octanol–water partition coefficient (Wildman–Crippen LogP) is 13.0. The minimum atomic E-state index is 0.699. The van der Waals surface area contributed by atoms with Crippen LogP contribution in [0.3, 0.4) is 0 Å². The first-order chi connectivity index (χ1) is 16.6. The molecular formula is C35H70. The van der Waals surface area contributed by atoms with Gasteiger partial charge in [0.05, 0.1) is 0 Å². The van der Waals surface area contributed by atoms with Gasteiger partial charge in [-0.25, -0.2) is 0 Å². The van der Waals surface area contributed by atoms with Gasteiger partial charge in [0.2, 0.25) is 0 Å². The quantitative estimate of drug-likeness (QED) is 0.104. The summed E-state index contributed by atoms with van der Waals surface area (Å²) in [5.41, 5.74) is 2.73. The number of rotatable bonds is 22. The van der Waals surface area contributed by atoms with Gasteiger partial charge in [0.1, 0.15) is 0 Å². The van der Waals surface area contributed by atoms with E-state index in [-0.39, 0.29) is 0 Å². The third-order valence-electron chi connectivity index (χ3n) is 7.93. The first-order valence-electron chi connectivity index (χ1n) is 15.9. The lowest BCUT2D eigenvalue weighted by atomic mass is 9.79. The Hall–Kier alpha value is -0.520. The van der Waals surface area contributed by atoms with Crippen LogP contribution in [0.4, 0.5) is 0 Å². The molecule has 0 radical (unpaired) electrons. The first-order valence-corrected chi connectivity index (χ1v) is 15.9. The molecule has 0 heterocycles. The van der Waals surface area contributed by atoms with Gasteiger partial charge in [0.15, 0.2) is 0 Å². The summed E-state index contributed by atoms with van der Waals surface area (Å²) in [5.74, 6) is 3.94. The molecule has 0 saturated heterocycles. The molecule has 0 amide bonds. The third-order valence-corrected chi connectivity index (χ3v) is 7.93. The SMILES string of the molecule is C=C(C)C(C)CC(C)C.C=C(C)C(CCCCCC)C(C)CC(C)CCCCCCCCCCC. The minimum absolute atomic E-state index is 0.699. The lowest BCUT2D eigenvalue weighted by Crippen LogP contribution is -2.16. The van der Waals surface area contributed by atoms with E-state index in [9.17, 15) is 0 Å². The molecule has 0 aliphatic rings. The summed E-state index contributed by atoms with van der Waals surface area (Å²) in [5, 5.41) is 0. The van der Waals surface area contributed by atoms with Crippen LogP contribution in [0.2, 0.25) is 0 Å². The van der Waals surface area contributed by atoms with Gasteiger partial charge in [-0.05, 0) is 62.7 Å². The Labute approximate surface area is 225 Å². The zero-order valence-electron chi connectivity index (χ0n) is 26.3. The van der Waals surface area contributed by atoms with E-state index < -0.39 is 0 Å². The molecular weight excluding hydrogens is 420 g/mol. The summed E-state index contributed by atoms with van der Waals surface area (Å²) in [6, 6.07) is 0. The van der Waals surface area contributed by atoms with Crippen LogP contribution in [0.15, 0.2) is 24.3 Å². The molecule has 0 saturated carbocycles. The highest BCUT2D eigenvalue weighted by Gasteiger charge is 2.19. The van der Waals surface area contributed by atoms with E-state index >= 15 is 0 Å². The summed E-state index contributed by atoms with van der Waals surface area (Å²) in [4.78, 5) is 0. The number of allylic oxidation sites excluding steroid dienone is 2. The molecule has 0 aliphatic carbocycles. The summed E-state index contributed by atoms with van der Waals surface area (Å²) >= 11 is 0. The van der Waals surface area contributed by atoms with E-state index in [1.54, 1.807) is 0 Å². The summed E-state index contributed by atoms with van der Waals surface area (Å²) in [6.45, 7) is 28.9. The monoisotopic (exact) mass is 491 g/mol. The van der Waals surface area contributed by atoms with Crippen molar-refractivity contribution in [2.75, 3.05) is 0 Å². The van der Waals surface area contributed by atoms with Gasteiger partial charge in [-0.3, -0.25) is 0 Å². The zero-order chi connectivity index (χ0) is 27.1. The van der Waals surface area contributed by atoms with Crippen molar-refractivity contribution in [3.63, 3.8) is 0 Å². The average molecular weight is 491 g/mol. The molecule has 4 unspecified atom stereocenters. The smallest absolute Gasteiger partial charge is 0.0183 e. The van der Waals surface area contributed by atoms with Crippen LogP contribution in [0.1, 0.15) is 171 Å². The lowest BCUT2D eigenvalue weighted by Gasteiger charge is -2.27. The molecule has 4 atom stereocenters. The number of hydrogen-bond acceptors (Lipinski definition) is 0. The van der Waals surface area contributed by atoms with Gasteiger partial charge in [-0.1, -0.05) is 163 Å². The van der Waals surface area contributed by atoms with Crippen molar-refractivity contribution in [2.45, 2.75) is 171 Å². The van der Waals surface area contributed by atoms with Crippen LogP contribution in [0.5, 0.6) is 0 Å². The number of unbranched alkanes of at least 4 members (excludes halogenated alkanes) is 11. The summed E-state index contributed by atoms with van der Waals surface area (Å²) < 4.78 is 0.